The Morgan fingerprint density at radius 3 is 2.90 bits per heavy atom. The van der Waals surface area contributed by atoms with Crippen molar-refractivity contribution in [3.05, 3.63) is 53.1 Å². The maximum Gasteiger partial charge on any atom is 0.135 e. The van der Waals surface area contributed by atoms with E-state index in [2.05, 4.69) is 16.0 Å². The Morgan fingerprint density at radius 1 is 1.35 bits per heavy atom. The Morgan fingerprint density at radius 2 is 2.15 bits per heavy atom. The topological polar surface area (TPSA) is 61.0 Å². The first-order valence-electron chi connectivity index (χ1n) is 6.95. The van der Waals surface area contributed by atoms with Crippen LogP contribution in [0.1, 0.15) is 41.5 Å². The summed E-state index contributed by atoms with van der Waals surface area (Å²) in [6, 6.07) is 8.11. The number of aromatic nitrogens is 2. The summed E-state index contributed by atoms with van der Waals surface area (Å²) in [6.45, 7) is 4.57. The van der Waals surface area contributed by atoms with Crippen LogP contribution in [-0.2, 0) is 6.42 Å². The Hall–Kier alpha value is -1.94. The molecule has 1 aromatic carbocycles. The standard InChI is InChI=1S/C16H19N3O/c1-10(17)14-8-18-16(19-11(14)2)13-7-12-5-3-4-6-15(12)20-9-13/h3-6,8,10,13H,7,9,17H2,1-2H3/t10-,13?/m1/s1. The Kier molecular flexibility index (Phi) is 3.40. The van der Waals surface area contributed by atoms with Crippen molar-refractivity contribution < 1.29 is 4.74 Å². The van der Waals surface area contributed by atoms with E-state index in [1.165, 1.54) is 5.56 Å². The highest BCUT2D eigenvalue weighted by atomic mass is 16.5. The van der Waals surface area contributed by atoms with E-state index in [9.17, 15) is 0 Å². The van der Waals surface area contributed by atoms with Crippen LogP contribution in [0.15, 0.2) is 30.5 Å². The van der Waals surface area contributed by atoms with Crippen molar-refractivity contribution in [1.82, 2.24) is 9.97 Å². The second-order valence-corrected chi connectivity index (χ2v) is 5.38. The number of ether oxygens (including phenoxy) is 1. The summed E-state index contributed by atoms with van der Waals surface area (Å²) in [4.78, 5) is 9.11. The molecule has 2 N–H and O–H groups in total. The summed E-state index contributed by atoms with van der Waals surface area (Å²) in [5.41, 5.74) is 9.09. The molecule has 0 amide bonds. The molecule has 0 fully saturated rings. The van der Waals surface area contributed by atoms with E-state index in [4.69, 9.17) is 10.5 Å². The summed E-state index contributed by atoms with van der Waals surface area (Å²) in [5.74, 6) is 2.04. The van der Waals surface area contributed by atoms with Crippen molar-refractivity contribution >= 4 is 0 Å². The van der Waals surface area contributed by atoms with Crippen molar-refractivity contribution in [2.24, 2.45) is 5.73 Å². The highest BCUT2D eigenvalue weighted by Gasteiger charge is 2.23. The van der Waals surface area contributed by atoms with Gasteiger partial charge in [-0.05, 0) is 31.9 Å². The van der Waals surface area contributed by atoms with E-state index in [0.29, 0.717) is 6.61 Å². The van der Waals surface area contributed by atoms with Gasteiger partial charge >= 0.3 is 0 Å². The molecule has 0 saturated carbocycles. The summed E-state index contributed by atoms with van der Waals surface area (Å²) in [6.07, 6.45) is 2.77. The number of rotatable bonds is 2. The van der Waals surface area contributed by atoms with Crippen molar-refractivity contribution in [1.29, 1.82) is 0 Å². The lowest BCUT2D eigenvalue weighted by atomic mass is 9.96. The first-order valence-corrected chi connectivity index (χ1v) is 6.95. The molecule has 104 valence electrons. The fourth-order valence-corrected chi connectivity index (χ4v) is 2.63. The van der Waals surface area contributed by atoms with Crippen LogP contribution in [0.2, 0.25) is 0 Å². The summed E-state index contributed by atoms with van der Waals surface area (Å²) < 4.78 is 5.80. The van der Waals surface area contributed by atoms with E-state index >= 15 is 0 Å². The molecule has 0 spiro atoms. The van der Waals surface area contributed by atoms with Crippen LogP contribution < -0.4 is 10.5 Å². The molecule has 0 radical (unpaired) electrons. The molecule has 3 rings (SSSR count). The van der Waals surface area contributed by atoms with Gasteiger partial charge in [0.25, 0.3) is 0 Å². The molecule has 20 heavy (non-hydrogen) atoms. The zero-order valence-corrected chi connectivity index (χ0v) is 11.8. The van der Waals surface area contributed by atoms with E-state index < -0.39 is 0 Å². The Labute approximate surface area is 119 Å². The van der Waals surface area contributed by atoms with Crippen LogP contribution in [0.4, 0.5) is 0 Å². The zero-order chi connectivity index (χ0) is 14.1. The molecule has 4 nitrogen and oxygen atoms in total. The number of fused-ring (bicyclic) bond motifs is 1. The average molecular weight is 269 g/mol. The SMILES string of the molecule is Cc1nc(C2COc3ccccc3C2)ncc1[C@@H](C)N. The molecule has 2 atom stereocenters. The van der Waals surface area contributed by atoms with Gasteiger partial charge in [0.15, 0.2) is 0 Å². The Bertz CT molecular complexity index is 625. The van der Waals surface area contributed by atoms with Crippen molar-refractivity contribution in [3.8, 4) is 5.75 Å². The van der Waals surface area contributed by atoms with Crippen LogP contribution in [-0.4, -0.2) is 16.6 Å². The molecule has 1 aromatic heterocycles. The molecule has 4 heteroatoms. The fourth-order valence-electron chi connectivity index (χ4n) is 2.63. The van der Waals surface area contributed by atoms with Crippen LogP contribution in [0.25, 0.3) is 0 Å². The fraction of sp³-hybridized carbons (Fsp3) is 0.375. The van der Waals surface area contributed by atoms with Crippen LogP contribution in [0, 0.1) is 6.92 Å². The molecule has 0 bridgehead atoms. The molecular formula is C16H19N3O. The lowest BCUT2D eigenvalue weighted by Gasteiger charge is -2.24. The number of hydrogen-bond donors (Lipinski definition) is 1. The minimum atomic E-state index is -0.0348. The van der Waals surface area contributed by atoms with Gasteiger partial charge in [-0.1, -0.05) is 18.2 Å². The molecule has 1 aliphatic rings. The maximum atomic E-state index is 5.90. The number of nitrogens with zero attached hydrogens (tertiary/aromatic N) is 2. The van der Waals surface area contributed by atoms with Gasteiger partial charge in [-0.15, -0.1) is 0 Å². The van der Waals surface area contributed by atoms with E-state index in [0.717, 1.165) is 29.3 Å². The van der Waals surface area contributed by atoms with Gasteiger partial charge in [-0.2, -0.15) is 0 Å². The van der Waals surface area contributed by atoms with Crippen LogP contribution in [0.5, 0.6) is 5.75 Å². The number of para-hydroxylation sites is 1. The second-order valence-electron chi connectivity index (χ2n) is 5.38. The molecule has 1 aliphatic heterocycles. The van der Waals surface area contributed by atoms with Crippen LogP contribution in [0.3, 0.4) is 0 Å². The lowest BCUT2D eigenvalue weighted by molar-refractivity contribution is 0.257. The van der Waals surface area contributed by atoms with Gasteiger partial charge in [0.05, 0.1) is 12.5 Å². The van der Waals surface area contributed by atoms with Gasteiger partial charge < -0.3 is 10.5 Å². The van der Waals surface area contributed by atoms with Crippen molar-refractivity contribution in [2.45, 2.75) is 32.2 Å². The molecule has 0 saturated heterocycles. The number of aryl methyl sites for hydroxylation is 1. The highest BCUT2D eigenvalue weighted by molar-refractivity contribution is 5.36. The van der Waals surface area contributed by atoms with Gasteiger partial charge in [0.2, 0.25) is 0 Å². The molecular weight excluding hydrogens is 250 g/mol. The summed E-state index contributed by atoms with van der Waals surface area (Å²) in [7, 11) is 0. The van der Waals surface area contributed by atoms with Gasteiger partial charge in [0.1, 0.15) is 11.6 Å². The quantitative estimate of drug-likeness (QED) is 0.910. The predicted molar refractivity (Wildman–Crippen MR) is 77.8 cm³/mol. The van der Waals surface area contributed by atoms with Gasteiger partial charge in [-0.25, -0.2) is 9.97 Å². The third-order valence-corrected chi connectivity index (χ3v) is 3.77. The minimum Gasteiger partial charge on any atom is -0.493 e. The first-order chi connectivity index (χ1) is 9.65. The van der Waals surface area contributed by atoms with E-state index in [-0.39, 0.29) is 12.0 Å². The lowest BCUT2D eigenvalue weighted by Crippen LogP contribution is -2.22. The molecule has 2 heterocycles. The minimum absolute atomic E-state index is 0.0348. The summed E-state index contributed by atoms with van der Waals surface area (Å²) in [5, 5.41) is 0. The summed E-state index contributed by atoms with van der Waals surface area (Å²) >= 11 is 0. The number of benzene rings is 1. The van der Waals surface area contributed by atoms with E-state index in [1.807, 2.05) is 38.2 Å². The van der Waals surface area contributed by atoms with Gasteiger partial charge in [-0.3, -0.25) is 0 Å². The Balaban J connectivity index is 1.86. The van der Waals surface area contributed by atoms with Crippen molar-refractivity contribution in [2.75, 3.05) is 6.61 Å². The van der Waals surface area contributed by atoms with Crippen molar-refractivity contribution in [3.63, 3.8) is 0 Å². The second kappa shape index (κ2) is 5.21. The molecule has 0 aliphatic carbocycles. The first kappa shape index (κ1) is 13.1. The predicted octanol–water partition coefficient (Wildman–Crippen LogP) is 2.52. The molecule has 1 unspecified atom stereocenters. The molecule has 2 aromatic rings. The zero-order valence-electron chi connectivity index (χ0n) is 11.8. The maximum absolute atomic E-state index is 5.90. The third-order valence-electron chi connectivity index (χ3n) is 3.77. The monoisotopic (exact) mass is 269 g/mol. The average Bonchev–Trinajstić information content (AvgIpc) is 2.46. The smallest absolute Gasteiger partial charge is 0.135 e. The van der Waals surface area contributed by atoms with Crippen LogP contribution >= 0.6 is 0 Å². The van der Waals surface area contributed by atoms with E-state index in [1.54, 1.807) is 0 Å². The number of hydrogen-bond acceptors (Lipinski definition) is 4. The highest BCUT2D eigenvalue weighted by Crippen LogP contribution is 2.31. The normalized spacial score (nSPS) is 19.1. The van der Waals surface area contributed by atoms with Gasteiger partial charge in [0, 0.05) is 23.5 Å². The number of nitrogens with two attached hydrogens (primary N) is 1. The third kappa shape index (κ3) is 2.39. The largest absolute Gasteiger partial charge is 0.493 e.